The Balaban J connectivity index is 0.00000320. The lowest BCUT2D eigenvalue weighted by Crippen LogP contribution is -2.19. The van der Waals surface area contributed by atoms with Crippen LogP contribution >= 0.6 is 13.5 Å². The van der Waals surface area contributed by atoms with E-state index in [1.165, 1.54) is 19.2 Å². The summed E-state index contributed by atoms with van der Waals surface area (Å²) in [6.45, 7) is 0.842. The molecular formula is C19H20F3NO5S2. The highest BCUT2D eigenvalue weighted by Crippen LogP contribution is 2.27. The number of sulfone groups is 1. The van der Waals surface area contributed by atoms with Crippen LogP contribution in [-0.4, -0.2) is 40.4 Å². The molecule has 1 amide bonds. The van der Waals surface area contributed by atoms with Crippen molar-refractivity contribution in [3.8, 4) is 5.75 Å². The Hall–Kier alpha value is -2.24. The zero-order chi connectivity index (χ0) is 21.2. The molecule has 0 unspecified atom stereocenters. The number of hydrogen-bond acceptors (Lipinski definition) is 5. The van der Waals surface area contributed by atoms with E-state index < -0.39 is 38.9 Å². The van der Waals surface area contributed by atoms with Gasteiger partial charge in [-0.05, 0) is 30.5 Å². The molecule has 0 bridgehead atoms. The minimum absolute atomic E-state index is 0. The smallest absolute Gasteiger partial charge is 0.259 e. The predicted octanol–water partition coefficient (Wildman–Crippen LogP) is 3.29. The number of ether oxygens (including phenoxy) is 2. The van der Waals surface area contributed by atoms with Crippen LogP contribution in [0.5, 0.6) is 5.75 Å². The Morgan fingerprint density at radius 3 is 2.50 bits per heavy atom. The van der Waals surface area contributed by atoms with Crippen molar-refractivity contribution in [1.29, 1.82) is 0 Å². The SMILES string of the molecule is COc1ccc(S(=O)(=O)C[C@H]2CCOC2)cc1C(=O)Nc1cc(F)c(F)cc1F.S. The lowest BCUT2D eigenvalue weighted by Gasteiger charge is -2.13. The van der Waals surface area contributed by atoms with Gasteiger partial charge in [0, 0.05) is 18.7 Å². The standard InChI is InChI=1S/C19H18F3NO5S.H2S/c1-27-18-3-2-12(29(25,26)10-11-4-5-28-9-11)6-13(18)19(24)23-17-8-15(21)14(20)7-16(17)22;/h2-3,6-8,11H,4-5,9-10H2,1H3,(H,23,24);1H2/t11-;/m0./s1. The Morgan fingerprint density at radius 2 is 1.87 bits per heavy atom. The van der Waals surface area contributed by atoms with Crippen molar-refractivity contribution in [3.05, 3.63) is 53.3 Å². The van der Waals surface area contributed by atoms with E-state index in [0.717, 1.165) is 6.07 Å². The summed E-state index contributed by atoms with van der Waals surface area (Å²) in [4.78, 5) is 12.5. The number of nitrogens with one attached hydrogen (secondary N) is 1. The fraction of sp³-hybridized carbons (Fsp3) is 0.316. The van der Waals surface area contributed by atoms with Crippen LogP contribution in [0.1, 0.15) is 16.8 Å². The summed E-state index contributed by atoms with van der Waals surface area (Å²) in [5, 5.41) is 2.11. The third kappa shape index (κ3) is 5.27. The van der Waals surface area contributed by atoms with Crippen LogP contribution in [-0.2, 0) is 14.6 Å². The van der Waals surface area contributed by atoms with Gasteiger partial charge in [-0.25, -0.2) is 21.6 Å². The number of benzene rings is 2. The summed E-state index contributed by atoms with van der Waals surface area (Å²) in [6.07, 6.45) is 0.623. The van der Waals surface area contributed by atoms with E-state index in [-0.39, 0.29) is 41.4 Å². The third-order valence-corrected chi connectivity index (χ3v) is 6.39. The number of hydrogen-bond donors (Lipinski definition) is 1. The molecule has 2 aromatic rings. The van der Waals surface area contributed by atoms with E-state index in [4.69, 9.17) is 9.47 Å². The minimum atomic E-state index is -3.72. The van der Waals surface area contributed by atoms with Crippen LogP contribution in [0.25, 0.3) is 0 Å². The molecule has 0 aromatic heterocycles. The van der Waals surface area contributed by atoms with Crippen LogP contribution in [0.15, 0.2) is 35.2 Å². The highest BCUT2D eigenvalue weighted by atomic mass is 32.2. The Morgan fingerprint density at radius 1 is 1.17 bits per heavy atom. The molecule has 0 spiro atoms. The summed E-state index contributed by atoms with van der Waals surface area (Å²) in [5.74, 6) is -5.11. The number of rotatable bonds is 6. The lowest BCUT2D eigenvalue weighted by molar-refractivity contribution is 0.102. The quantitative estimate of drug-likeness (QED) is 0.665. The van der Waals surface area contributed by atoms with Crippen LogP contribution < -0.4 is 10.1 Å². The number of amides is 1. The molecule has 11 heteroatoms. The number of anilines is 1. The molecule has 1 fully saturated rings. The number of methoxy groups -OCH3 is 1. The Labute approximate surface area is 178 Å². The van der Waals surface area contributed by atoms with Gasteiger partial charge >= 0.3 is 0 Å². The second kappa shape index (κ2) is 9.71. The van der Waals surface area contributed by atoms with Gasteiger partial charge in [-0.1, -0.05) is 0 Å². The average Bonchev–Trinajstić information content (AvgIpc) is 3.17. The van der Waals surface area contributed by atoms with Gasteiger partial charge in [-0.15, -0.1) is 0 Å². The van der Waals surface area contributed by atoms with Crippen molar-refractivity contribution in [3.63, 3.8) is 0 Å². The monoisotopic (exact) mass is 463 g/mol. The van der Waals surface area contributed by atoms with Gasteiger partial charge in [0.2, 0.25) is 0 Å². The number of carbonyl (C=O) groups excluding carboxylic acids is 1. The first-order valence-electron chi connectivity index (χ1n) is 8.65. The average molecular weight is 463 g/mol. The second-order valence-electron chi connectivity index (χ2n) is 6.57. The van der Waals surface area contributed by atoms with Crippen molar-refractivity contribution in [2.75, 3.05) is 31.4 Å². The molecule has 0 radical (unpaired) electrons. The Bertz CT molecular complexity index is 1040. The van der Waals surface area contributed by atoms with Gasteiger partial charge in [-0.3, -0.25) is 4.79 Å². The normalized spacial score (nSPS) is 16.1. The fourth-order valence-electron chi connectivity index (χ4n) is 2.99. The van der Waals surface area contributed by atoms with E-state index in [9.17, 15) is 26.4 Å². The molecule has 30 heavy (non-hydrogen) atoms. The maximum Gasteiger partial charge on any atom is 0.259 e. The predicted molar refractivity (Wildman–Crippen MR) is 109 cm³/mol. The summed E-state index contributed by atoms with van der Waals surface area (Å²) >= 11 is 0. The van der Waals surface area contributed by atoms with E-state index in [2.05, 4.69) is 5.32 Å². The van der Waals surface area contributed by atoms with E-state index in [0.29, 0.717) is 31.8 Å². The molecule has 1 saturated heterocycles. The zero-order valence-corrected chi connectivity index (χ0v) is 17.7. The molecule has 6 nitrogen and oxygen atoms in total. The van der Waals surface area contributed by atoms with Crippen LogP contribution in [0.4, 0.5) is 18.9 Å². The molecule has 1 heterocycles. The van der Waals surface area contributed by atoms with Gasteiger partial charge in [-0.2, -0.15) is 13.5 Å². The van der Waals surface area contributed by atoms with Crippen molar-refractivity contribution in [2.24, 2.45) is 5.92 Å². The number of carbonyl (C=O) groups is 1. The molecule has 2 aromatic carbocycles. The van der Waals surface area contributed by atoms with Crippen molar-refractivity contribution >= 4 is 34.9 Å². The summed E-state index contributed by atoms with van der Waals surface area (Å²) in [6, 6.07) is 4.51. The van der Waals surface area contributed by atoms with E-state index in [1.807, 2.05) is 0 Å². The molecule has 3 rings (SSSR count). The van der Waals surface area contributed by atoms with Crippen LogP contribution in [0.2, 0.25) is 0 Å². The van der Waals surface area contributed by atoms with Gasteiger partial charge in [0.25, 0.3) is 5.91 Å². The second-order valence-corrected chi connectivity index (χ2v) is 8.61. The van der Waals surface area contributed by atoms with Crippen molar-refractivity contribution < 1.29 is 35.9 Å². The van der Waals surface area contributed by atoms with Crippen molar-refractivity contribution in [2.45, 2.75) is 11.3 Å². The maximum atomic E-state index is 13.8. The molecule has 1 aliphatic heterocycles. The third-order valence-electron chi connectivity index (χ3n) is 4.51. The van der Waals surface area contributed by atoms with Crippen LogP contribution in [0, 0.1) is 23.4 Å². The fourth-order valence-corrected chi connectivity index (χ4v) is 4.64. The summed E-state index contributed by atoms with van der Waals surface area (Å²) in [5.41, 5.74) is -0.785. The summed E-state index contributed by atoms with van der Waals surface area (Å²) in [7, 11) is -2.45. The van der Waals surface area contributed by atoms with Crippen LogP contribution in [0.3, 0.4) is 0 Å². The highest BCUT2D eigenvalue weighted by Gasteiger charge is 2.26. The van der Waals surface area contributed by atoms with E-state index in [1.54, 1.807) is 0 Å². The maximum absolute atomic E-state index is 13.8. The molecule has 0 aliphatic carbocycles. The topological polar surface area (TPSA) is 81.7 Å². The molecule has 1 atom stereocenters. The largest absolute Gasteiger partial charge is 0.496 e. The van der Waals surface area contributed by atoms with Gasteiger partial charge in [0.1, 0.15) is 11.6 Å². The van der Waals surface area contributed by atoms with Gasteiger partial charge < -0.3 is 14.8 Å². The highest BCUT2D eigenvalue weighted by molar-refractivity contribution is 7.91. The minimum Gasteiger partial charge on any atom is -0.496 e. The molecule has 0 saturated carbocycles. The first kappa shape index (κ1) is 24.0. The molecule has 164 valence electrons. The van der Waals surface area contributed by atoms with Gasteiger partial charge in [0.05, 0.1) is 35.6 Å². The summed E-state index contributed by atoms with van der Waals surface area (Å²) < 4.78 is 75.9. The molecular weight excluding hydrogens is 443 g/mol. The lowest BCUT2D eigenvalue weighted by atomic mass is 10.1. The zero-order valence-electron chi connectivity index (χ0n) is 15.9. The Kier molecular flexibility index (Phi) is 7.78. The van der Waals surface area contributed by atoms with E-state index >= 15 is 0 Å². The molecule has 1 N–H and O–H groups in total. The first-order chi connectivity index (χ1) is 13.7. The number of halogens is 3. The van der Waals surface area contributed by atoms with Gasteiger partial charge in [0.15, 0.2) is 21.5 Å². The first-order valence-corrected chi connectivity index (χ1v) is 10.3. The van der Waals surface area contributed by atoms with Crippen molar-refractivity contribution in [1.82, 2.24) is 0 Å². The molecule has 1 aliphatic rings.